The maximum atomic E-state index is 12.0. The standard InChI is InChI=1S/C18H20N4O3/c23-17(13-8-19-20-9-13)21-14-5-3-12(4-6-14)15-7-16(15)22-18(24)25-10-11-1-2-11/h3-6,8-9,11,15-16H,1-2,7,10H2,(H,19,20)(H,21,23)(H,22,24)/t15-,16+/m0/s1. The van der Waals surface area contributed by atoms with Gasteiger partial charge in [0, 0.05) is 23.8 Å². The predicted octanol–water partition coefficient (Wildman–Crippen LogP) is 2.65. The Kier molecular flexibility index (Phi) is 4.13. The van der Waals surface area contributed by atoms with Crippen molar-refractivity contribution in [2.45, 2.75) is 31.2 Å². The molecule has 25 heavy (non-hydrogen) atoms. The number of alkyl carbamates (subject to hydrolysis) is 1. The number of hydrogen-bond acceptors (Lipinski definition) is 4. The Hall–Kier alpha value is -2.83. The molecular weight excluding hydrogens is 320 g/mol. The van der Waals surface area contributed by atoms with Crippen molar-refractivity contribution in [2.24, 2.45) is 5.92 Å². The fourth-order valence-electron chi connectivity index (χ4n) is 2.79. The number of amides is 2. The molecule has 1 aromatic carbocycles. The van der Waals surface area contributed by atoms with Crippen LogP contribution in [0.25, 0.3) is 0 Å². The maximum Gasteiger partial charge on any atom is 0.407 e. The van der Waals surface area contributed by atoms with Crippen molar-refractivity contribution in [1.82, 2.24) is 15.5 Å². The Labute approximate surface area is 145 Å². The van der Waals surface area contributed by atoms with Crippen LogP contribution in [-0.4, -0.2) is 34.8 Å². The van der Waals surface area contributed by atoms with Crippen LogP contribution in [-0.2, 0) is 4.74 Å². The van der Waals surface area contributed by atoms with Gasteiger partial charge in [-0.05, 0) is 42.9 Å². The van der Waals surface area contributed by atoms with E-state index in [1.807, 2.05) is 24.3 Å². The second kappa shape index (κ2) is 6.58. The lowest BCUT2D eigenvalue weighted by atomic mass is 10.1. The van der Waals surface area contributed by atoms with E-state index in [1.165, 1.54) is 19.0 Å². The van der Waals surface area contributed by atoms with Crippen molar-refractivity contribution in [2.75, 3.05) is 11.9 Å². The first-order chi connectivity index (χ1) is 12.2. The first-order valence-electron chi connectivity index (χ1n) is 8.52. The second-order valence-electron chi connectivity index (χ2n) is 6.70. The van der Waals surface area contributed by atoms with E-state index in [0.29, 0.717) is 24.0 Å². The van der Waals surface area contributed by atoms with Crippen molar-refractivity contribution in [3.63, 3.8) is 0 Å². The van der Waals surface area contributed by atoms with E-state index in [1.54, 1.807) is 6.20 Å². The third-order valence-electron chi connectivity index (χ3n) is 4.60. The third-order valence-corrected chi connectivity index (χ3v) is 4.60. The molecular formula is C18H20N4O3. The number of rotatable bonds is 6. The lowest BCUT2D eigenvalue weighted by molar-refractivity contribution is 0.102. The van der Waals surface area contributed by atoms with Crippen LogP contribution in [0.15, 0.2) is 36.7 Å². The number of carbonyl (C=O) groups excluding carboxylic acids is 2. The highest BCUT2D eigenvalue weighted by Crippen LogP contribution is 2.41. The summed E-state index contributed by atoms with van der Waals surface area (Å²) >= 11 is 0. The summed E-state index contributed by atoms with van der Waals surface area (Å²) in [6.45, 7) is 0.536. The molecule has 2 aliphatic rings. The molecule has 1 aromatic heterocycles. The van der Waals surface area contributed by atoms with Crippen molar-refractivity contribution in [3.05, 3.63) is 47.8 Å². The quantitative estimate of drug-likeness (QED) is 0.753. The number of benzene rings is 1. The van der Waals surface area contributed by atoms with Crippen LogP contribution in [0.4, 0.5) is 10.5 Å². The van der Waals surface area contributed by atoms with E-state index in [-0.39, 0.29) is 18.0 Å². The van der Waals surface area contributed by atoms with E-state index < -0.39 is 0 Å². The maximum absolute atomic E-state index is 12.0. The summed E-state index contributed by atoms with van der Waals surface area (Å²) in [5.74, 6) is 0.684. The summed E-state index contributed by atoms with van der Waals surface area (Å²) < 4.78 is 5.19. The van der Waals surface area contributed by atoms with Crippen LogP contribution in [0.3, 0.4) is 0 Å². The van der Waals surface area contributed by atoms with Gasteiger partial charge in [0.15, 0.2) is 0 Å². The minimum atomic E-state index is -0.316. The Balaban J connectivity index is 1.26. The third kappa shape index (κ3) is 3.99. The molecule has 0 spiro atoms. The highest BCUT2D eigenvalue weighted by molar-refractivity contribution is 6.03. The molecule has 0 radical (unpaired) electrons. The van der Waals surface area contributed by atoms with E-state index >= 15 is 0 Å². The summed E-state index contributed by atoms with van der Waals surface area (Å²) in [6, 6.07) is 7.83. The average Bonchev–Trinajstić information content (AvgIpc) is 3.52. The fourth-order valence-corrected chi connectivity index (χ4v) is 2.79. The van der Waals surface area contributed by atoms with Gasteiger partial charge in [-0.2, -0.15) is 5.10 Å². The molecule has 2 aromatic rings. The number of aromatic nitrogens is 2. The van der Waals surface area contributed by atoms with Gasteiger partial charge >= 0.3 is 6.09 Å². The molecule has 2 atom stereocenters. The molecule has 1 heterocycles. The largest absolute Gasteiger partial charge is 0.449 e. The minimum Gasteiger partial charge on any atom is -0.449 e. The number of nitrogens with one attached hydrogen (secondary N) is 3. The number of H-pyrrole nitrogens is 1. The summed E-state index contributed by atoms with van der Waals surface area (Å²) in [6.07, 6.45) is 5.97. The Bertz CT molecular complexity index is 753. The minimum absolute atomic E-state index is 0.137. The van der Waals surface area contributed by atoms with Gasteiger partial charge in [0.2, 0.25) is 0 Å². The first-order valence-corrected chi connectivity index (χ1v) is 8.52. The van der Waals surface area contributed by atoms with Gasteiger partial charge < -0.3 is 15.4 Å². The van der Waals surface area contributed by atoms with Crippen molar-refractivity contribution in [1.29, 1.82) is 0 Å². The SMILES string of the molecule is O=C(N[C@@H]1C[C@H]1c1ccc(NC(=O)c2cn[nH]c2)cc1)OCC1CC1. The van der Waals surface area contributed by atoms with Gasteiger partial charge in [0.1, 0.15) is 0 Å². The molecule has 2 amide bonds. The zero-order valence-corrected chi connectivity index (χ0v) is 13.7. The number of nitrogens with zero attached hydrogens (tertiary/aromatic N) is 1. The van der Waals surface area contributed by atoms with Crippen molar-refractivity contribution >= 4 is 17.7 Å². The summed E-state index contributed by atoms with van der Waals surface area (Å²) in [4.78, 5) is 23.7. The molecule has 0 bridgehead atoms. The zero-order chi connectivity index (χ0) is 17.2. The molecule has 3 N–H and O–H groups in total. The van der Waals surface area contributed by atoms with E-state index in [9.17, 15) is 9.59 Å². The highest BCUT2D eigenvalue weighted by Gasteiger charge is 2.40. The summed E-state index contributed by atoms with van der Waals surface area (Å²) in [7, 11) is 0. The summed E-state index contributed by atoms with van der Waals surface area (Å²) in [5.41, 5.74) is 2.36. The Morgan fingerprint density at radius 1 is 1.24 bits per heavy atom. The lowest BCUT2D eigenvalue weighted by Crippen LogP contribution is -2.28. The van der Waals surface area contributed by atoms with Crippen LogP contribution in [0.2, 0.25) is 0 Å². The van der Waals surface area contributed by atoms with Gasteiger partial charge in [0.25, 0.3) is 5.91 Å². The zero-order valence-electron chi connectivity index (χ0n) is 13.7. The molecule has 2 aliphatic carbocycles. The molecule has 2 fully saturated rings. The highest BCUT2D eigenvalue weighted by atomic mass is 16.5. The molecule has 7 heteroatoms. The normalized spacial score (nSPS) is 21.4. The number of aromatic amines is 1. The van der Waals surface area contributed by atoms with E-state index in [2.05, 4.69) is 20.8 Å². The van der Waals surface area contributed by atoms with Gasteiger partial charge in [-0.25, -0.2) is 4.79 Å². The number of carbonyl (C=O) groups is 2. The van der Waals surface area contributed by atoms with Gasteiger partial charge in [-0.15, -0.1) is 0 Å². The van der Waals surface area contributed by atoms with Gasteiger partial charge in [-0.1, -0.05) is 12.1 Å². The van der Waals surface area contributed by atoms with Gasteiger partial charge in [0.05, 0.1) is 18.4 Å². The molecule has 7 nitrogen and oxygen atoms in total. The van der Waals surface area contributed by atoms with E-state index in [0.717, 1.165) is 17.7 Å². The van der Waals surface area contributed by atoms with Crippen LogP contribution in [0, 0.1) is 5.92 Å². The van der Waals surface area contributed by atoms with Crippen molar-refractivity contribution < 1.29 is 14.3 Å². The fraction of sp³-hybridized carbons (Fsp3) is 0.389. The number of anilines is 1. The second-order valence-corrected chi connectivity index (χ2v) is 6.70. The Morgan fingerprint density at radius 3 is 2.72 bits per heavy atom. The monoisotopic (exact) mass is 340 g/mol. The molecule has 0 unspecified atom stereocenters. The number of hydrogen-bond donors (Lipinski definition) is 3. The smallest absolute Gasteiger partial charge is 0.407 e. The van der Waals surface area contributed by atoms with Crippen molar-refractivity contribution in [3.8, 4) is 0 Å². The van der Waals surface area contributed by atoms with Crippen LogP contribution in [0.5, 0.6) is 0 Å². The molecule has 0 saturated heterocycles. The average molecular weight is 340 g/mol. The van der Waals surface area contributed by atoms with E-state index in [4.69, 9.17) is 4.74 Å². The lowest BCUT2D eigenvalue weighted by Gasteiger charge is -2.07. The molecule has 4 rings (SSSR count). The van der Waals surface area contributed by atoms with Crippen LogP contribution < -0.4 is 10.6 Å². The van der Waals surface area contributed by atoms with Crippen LogP contribution in [0.1, 0.15) is 41.1 Å². The summed E-state index contributed by atoms with van der Waals surface area (Å²) in [5, 5.41) is 12.1. The van der Waals surface area contributed by atoms with Gasteiger partial charge in [-0.3, -0.25) is 9.89 Å². The first kappa shape index (κ1) is 15.7. The molecule has 0 aliphatic heterocycles. The number of ether oxygens (including phenoxy) is 1. The van der Waals surface area contributed by atoms with Crippen LogP contribution >= 0.6 is 0 Å². The molecule has 130 valence electrons. The Morgan fingerprint density at radius 2 is 2.04 bits per heavy atom. The topological polar surface area (TPSA) is 96.1 Å². The molecule has 2 saturated carbocycles. The predicted molar refractivity (Wildman–Crippen MR) is 91.3 cm³/mol.